The van der Waals surface area contributed by atoms with Gasteiger partial charge >= 0.3 is 5.97 Å². The molecule has 2 aromatic rings. The molecule has 1 saturated carbocycles. The summed E-state index contributed by atoms with van der Waals surface area (Å²) in [6, 6.07) is 7.63. The molecule has 2 N–H and O–H groups in total. The molecule has 0 saturated heterocycles. The van der Waals surface area contributed by atoms with Crippen LogP contribution >= 0.6 is 11.3 Å². The van der Waals surface area contributed by atoms with Crippen LogP contribution in [0, 0.1) is 0 Å². The van der Waals surface area contributed by atoms with Crippen molar-refractivity contribution in [1.29, 1.82) is 0 Å². The van der Waals surface area contributed by atoms with Gasteiger partial charge in [-0.15, -0.1) is 11.3 Å². The highest BCUT2D eigenvalue weighted by molar-refractivity contribution is 7.89. The first kappa shape index (κ1) is 20.3. The molecule has 1 aromatic heterocycles. The van der Waals surface area contributed by atoms with Crippen molar-refractivity contribution in [2.75, 3.05) is 13.7 Å². The summed E-state index contributed by atoms with van der Waals surface area (Å²) in [6.07, 6.45) is 1.56. The van der Waals surface area contributed by atoms with Crippen molar-refractivity contribution >= 4 is 33.2 Å². The predicted octanol–water partition coefficient (Wildman–Crippen LogP) is 1.67. The van der Waals surface area contributed by atoms with E-state index in [9.17, 15) is 18.0 Å². The molecule has 0 unspecified atom stereocenters. The molecule has 1 aromatic carbocycles. The lowest BCUT2D eigenvalue weighted by molar-refractivity contribution is -0.124. The van der Waals surface area contributed by atoms with Gasteiger partial charge in [-0.2, -0.15) is 0 Å². The summed E-state index contributed by atoms with van der Waals surface area (Å²) in [6.45, 7) is -0.107. The summed E-state index contributed by atoms with van der Waals surface area (Å²) in [4.78, 5) is 24.9. The normalized spacial score (nSPS) is 13.8. The fourth-order valence-corrected chi connectivity index (χ4v) is 4.51. The second-order valence-electron chi connectivity index (χ2n) is 6.19. The van der Waals surface area contributed by atoms with Crippen molar-refractivity contribution in [3.63, 3.8) is 0 Å². The third kappa shape index (κ3) is 5.31. The van der Waals surface area contributed by atoms with Gasteiger partial charge in [0.15, 0.2) is 6.61 Å². The molecule has 1 heterocycles. The van der Waals surface area contributed by atoms with Crippen LogP contribution in [0.5, 0.6) is 5.75 Å². The highest BCUT2D eigenvalue weighted by Gasteiger charge is 2.30. The summed E-state index contributed by atoms with van der Waals surface area (Å²) in [5, 5.41) is 4.54. The van der Waals surface area contributed by atoms with Gasteiger partial charge in [-0.1, -0.05) is 6.07 Å². The zero-order chi connectivity index (χ0) is 20.1. The summed E-state index contributed by atoms with van der Waals surface area (Å²) < 4.78 is 37.6. The van der Waals surface area contributed by atoms with E-state index in [0.29, 0.717) is 6.54 Å². The third-order valence-electron chi connectivity index (χ3n) is 3.96. The number of esters is 1. The van der Waals surface area contributed by atoms with E-state index in [1.807, 2.05) is 17.5 Å². The van der Waals surface area contributed by atoms with Crippen LogP contribution in [0.15, 0.2) is 40.6 Å². The fraction of sp³-hybridized carbons (Fsp3) is 0.333. The van der Waals surface area contributed by atoms with Crippen molar-refractivity contribution < 1.29 is 27.5 Å². The Balaban J connectivity index is 1.62. The predicted molar refractivity (Wildman–Crippen MR) is 103 cm³/mol. The number of hydrogen-bond acceptors (Lipinski definition) is 7. The first-order valence-corrected chi connectivity index (χ1v) is 10.9. The molecule has 0 spiro atoms. The number of rotatable bonds is 9. The van der Waals surface area contributed by atoms with Gasteiger partial charge in [-0.25, -0.2) is 17.9 Å². The number of ether oxygens (including phenoxy) is 2. The van der Waals surface area contributed by atoms with Gasteiger partial charge < -0.3 is 14.8 Å². The lowest BCUT2D eigenvalue weighted by Crippen LogP contribution is -2.28. The van der Waals surface area contributed by atoms with Gasteiger partial charge in [0.05, 0.1) is 19.2 Å². The van der Waals surface area contributed by atoms with E-state index < -0.39 is 28.5 Å². The Kier molecular flexibility index (Phi) is 6.32. The van der Waals surface area contributed by atoms with Crippen LogP contribution < -0.4 is 14.8 Å². The summed E-state index contributed by atoms with van der Waals surface area (Å²) >= 11 is 1.50. The van der Waals surface area contributed by atoms with Crippen LogP contribution in [0.3, 0.4) is 0 Å². The number of methoxy groups -OCH3 is 1. The largest absolute Gasteiger partial charge is 0.495 e. The number of carbonyl (C=O) groups excluding carboxylic acids is 2. The minimum atomic E-state index is -3.82. The molecule has 3 rings (SSSR count). The average Bonchev–Trinajstić information content (AvgIpc) is 3.32. The van der Waals surface area contributed by atoms with E-state index in [0.717, 1.165) is 17.7 Å². The molecule has 1 fully saturated rings. The molecule has 1 aliphatic rings. The highest BCUT2D eigenvalue weighted by Crippen LogP contribution is 2.28. The third-order valence-corrected chi connectivity index (χ3v) is 6.38. The zero-order valence-corrected chi connectivity index (χ0v) is 16.8. The molecule has 1 aliphatic carbocycles. The van der Waals surface area contributed by atoms with E-state index in [4.69, 9.17) is 9.47 Å². The van der Waals surface area contributed by atoms with E-state index in [-0.39, 0.29) is 22.3 Å². The van der Waals surface area contributed by atoms with E-state index >= 15 is 0 Å². The van der Waals surface area contributed by atoms with E-state index in [2.05, 4.69) is 10.0 Å². The van der Waals surface area contributed by atoms with Crippen molar-refractivity contribution in [2.24, 2.45) is 0 Å². The topological polar surface area (TPSA) is 111 Å². The quantitative estimate of drug-likeness (QED) is 0.593. The second-order valence-corrected chi connectivity index (χ2v) is 8.91. The number of nitrogens with one attached hydrogen (secondary N) is 2. The molecular formula is C18H20N2O6S2. The van der Waals surface area contributed by atoms with Gasteiger partial charge in [0.25, 0.3) is 5.91 Å². The Morgan fingerprint density at radius 2 is 2.04 bits per heavy atom. The number of amides is 1. The first-order valence-electron chi connectivity index (χ1n) is 8.55. The van der Waals surface area contributed by atoms with E-state index in [1.54, 1.807) is 0 Å². The maximum Gasteiger partial charge on any atom is 0.338 e. The van der Waals surface area contributed by atoms with Crippen LogP contribution in [0.2, 0.25) is 0 Å². The number of sulfonamides is 1. The number of carbonyl (C=O) groups is 2. The molecule has 28 heavy (non-hydrogen) atoms. The molecule has 0 aliphatic heterocycles. The van der Waals surface area contributed by atoms with Crippen LogP contribution in [0.4, 0.5) is 0 Å². The number of benzene rings is 1. The maximum atomic E-state index is 12.5. The Labute approximate surface area is 166 Å². The van der Waals surface area contributed by atoms with Crippen LogP contribution in [-0.4, -0.2) is 40.1 Å². The minimum absolute atomic E-state index is 0.0167. The van der Waals surface area contributed by atoms with Crippen LogP contribution in [0.1, 0.15) is 28.1 Å². The Hall–Kier alpha value is -2.43. The molecule has 0 radical (unpaired) electrons. The summed E-state index contributed by atoms with van der Waals surface area (Å²) in [5.41, 5.74) is 0.0167. The molecule has 0 bridgehead atoms. The molecule has 1 amide bonds. The highest BCUT2D eigenvalue weighted by atomic mass is 32.2. The van der Waals surface area contributed by atoms with Crippen molar-refractivity contribution in [3.8, 4) is 5.75 Å². The van der Waals surface area contributed by atoms with Gasteiger partial charge in [0, 0.05) is 10.9 Å². The molecule has 150 valence electrons. The van der Waals surface area contributed by atoms with Crippen molar-refractivity contribution in [2.45, 2.75) is 30.3 Å². The Morgan fingerprint density at radius 1 is 1.25 bits per heavy atom. The number of thiophene rings is 1. The minimum Gasteiger partial charge on any atom is -0.495 e. The van der Waals surface area contributed by atoms with Gasteiger partial charge in [0.1, 0.15) is 10.6 Å². The second kappa shape index (κ2) is 8.72. The summed E-state index contributed by atoms with van der Waals surface area (Å²) in [7, 11) is -2.47. The van der Waals surface area contributed by atoms with Gasteiger partial charge in [0.2, 0.25) is 10.0 Å². The molecular weight excluding hydrogens is 404 g/mol. The van der Waals surface area contributed by atoms with Crippen LogP contribution in [0.25, 0.3) is 0 Å². The molecule has 0 atom stereocenters. The first-order chi connectivity index (χ1) is 13.4. The van der Waals surface area contributed by atoms with Gasteiger partial charge in [-0.05, 0) is 42.5 Å². The fourth-order valence-electron chi connectivity index (χ4n) is 2.36. The molecule has 8 nitrogen and oxygen atoms in total. The lowest BCUT2D eigenvalue weighted by atomic mass is 10.2. The van der Waals surface area contributed by atoms with E-state index in [1.165, 1.54) is 36.6 Å². The smallest absolute Gasteiger partial charge is 0.338 e. The lowest BCUT2D eigenvalue weighted by Gasteiger charge is -2.12. The monoisotopic (exact) mass is 424 g/mol. The Bertz CT molecular complexity index is 952. The standard InChI is InChI=1S/C18H20N2O6S2/c1-25-15-7-4-12(9-16(15)28(23,24)20-13-5-6-13)18(22)26-11-17(21)19-10-14-3-2-8-27-14/h2-4,7-9,13,20H,5-6,10-11H2,1H3,(H,19,21). The SMILES string of the molecule is COc1ccc(C(=O)OCC(=O)NCc2cccs2)cc1S(=O)(=O)NC1CC1. The van der Waals surface area contributed by atoms with Gasteiger partial charge in [-0.3, -0.25) is 4.79 Å². The number of hydrogen-bond donors (Lipinski definition) is 2. The van der Waals surface area contributed by atoms with Crippen molar-refractivity contribution in [3.05, 3.63) is 46.2 Å². The summed E-state index contributed by atoms with van der Waals surface area (Å²) in [5.74, 6) is -1.12. The molecule has 10 heteroatoms. The van der Waals surface area contributed by atoms with Crippen molar-refractivity contribution in [1.82, 2.24) is 10.0 Å². The van der Waals surface area contributed by atoms with Crippen LogP contribution in [-0.2, 0) is 26.1 Å². The average molecular weight is 425 g/mol. The maximum absolute atomic E-state index is 12.5. The Morgan fingerprint density at radius 3 is 2.68 bits per heavy atom. The zero-order valence-electron chi connectivity index (χ0n) is 15.1.